The molecule has 1 amide bonds. The molecule has 1 saturated heterocycles. The van der Waals surface area contributed by atoms with Gasteiger partial charge in [-0.15, -0.1) is 11.3 Å². The minimum absolute atomic E-state index is 0.124. The molecule has 0 spiro atoms. The van der Waals surface area contributed by atoms with E-state index in [1.807, 2.05) is 58.2 Å². The second-order valence-electron chi connectivity index (χ2n) is 7.10. The first-order chi connectivity index (χ1) is 13.7. The molecule has 7 heteroatoms. The summed E-state index contributed by atoms with van der Waals surface area (Å²) in [7, 11) is 0. The molecule has 1 fully saturated rings. The highest BCUT2D eigenvalue weighted by atomic mass is 32.1. The van der Waals surface area contributed by atoms with E-state index in [1.165, 1.54) is 11.3 Å². The fourth-order valence-corrected chi connectivity index (χ4v) is 4.57. The van der Waals surface area contributed by atoms with E-state index in [0.29, 0.717) is 6.54 Å². The highest BCUT2D eigenvalue weighted by Gasteiger charge is 2.31. The third kappa shape index (κ3) is 2.97. The summed E-state index contributed by atoms with van der Waals surface area (Å²) < 4.78 is 1.83. The summed E-state index contributed by atoms with van der Waals surface area (Å²) in [6.07, 6.45) is 6.45. The lowest BCUT2D eigenvalue weighted by atomic mass is 10.1. The number of rotatable bonds is 3. The molecule has 0 N–H and O–H groups in total. The standard InChI is InChI=1S/C21H19N5OS/c1-14-7-11-28-19(14)21(27)25-10-6-17(12-25)20-23-18-3-2-16(13-26(18)24-20)15-4-8-22-9-5-15/h2-5,7-9,11,13,17H,6,10,12H2,1H3. The van der Waals surface area contributed by atoms with Gasteiger partial charge in [-0.05, 0) is 60.2 Å². The van der Waals surface area contributed by atoms with Gasteiger partial charge in [-0.2, -0.15) is 5.10 Å². The average Bonchev–Trinajstić information content (AvgIpc) is 3.46. The zero-order valence-corrected chi connectivity index (χ0v) is 16.3. The number of aryl methyl sites for hydroxylation is 1. The number of hydrogen-bond donors (Lipinski definition) is 0. The van der Waals surface area contributed by atoms with Crippen LogP contribution in [-0.4, -0.2) is 43.5 Å². The predicted molar refractivity (Wildman–Crippen MR) is 109 cm³/mol. The van der Waals surface area contributed by atoms with Gasteiger partial charge in [0.2, 0.25) is 0 Å². The Morgan fingerprint density at radius 3 is 2.79 bits per heavy atom. The molecule has 140 valence electrons. The van der Waals surface area contributed by atoms with Crippen LogP contribution in [0.25, 0.3) is 16.8 Å². The molecule has 0 saturated carbocycles. The molecule has 5 rings (SSSR count). The lowest BCUT2D eigenvalue weighted by Gasteiger charge is -2.15. The number of hydrogen-bond acceptors (Lipinski definition) is 5. The van der Waals surface area contributed by atoms with E-state index >= 15 is 0 Å². The van der Waals surface area contributed by atoms with E-state index in [-0.39, 0.29) is 11.8 Å². The summed E-state index contributed by atoms with van der Waals surface area (Å²) >= 11 is 1.51. The van der Waals surface area contributed by atoms with Crippen LogP contribution in [0.15, 0.2) is 54.3 Å². The molecule has 5 heterocycles. The first kappa shape index (κ1) is 17.1. The lowest BCUT2D eigenvalue weighted by molar-refractivity contribution is 0.0794. The summed E-state index contributed by atoms with van der Waals surface area (Å²) in [5.74, 6) is 1.11. The van der Waals surface area contributed by atoms with Crippen molar-refractivity contribution in [3.63, 3.8) is 0 Å². The number of aromatic nitrogens is 4. The van der Waals surface area contributed by atoms with Crippen molar-refractivity contribution in [2.75, 3.05) is 13.1 Å². The van der Waals surface area contributed by atoms with Crippen LogP contribution >= 0.6 is 11.3 Å². The van der Waals surface area contributed by atoms with Gasteiger partial charge >= 0.3 is 0 Å². The summed E-state index contributed by atoms with van der Waals surface area (Å²) in [5, 5.41) is 6.68. The summed E-state index contributed by atoms with van der Waals surface area (Å²) in [5.41, 5.74) is 4.04. The molecule has 0 bridgehead atoms. The quantitative estimate of drug-likeness (QED) is 0.535. The molecule has 0 aromatic carbocycles. The maximum atomic E-state index is 12.8. The van der Waals surface area contributed by atoms with Crippen LogP contribution in [0.1, 0.15) is 33.4 Å². The van der Waals surface area contributed by atoms with E-state index in [0.717, 1.165) is 46.0 Å². The Labute approximate surface area is 166 Å². The number of carbonyl (C=O) groups excluding carboxylic acids is 1. The summed E-state index contributed by atoms with van der Waals surface area (Å²) in [4.78, 5) is 24.3. The van der Waals surface area contributed by atoms with Gasteiger partial charge in [0.1, 0.15) is 0 Å². The third-order valence-corrected chi connectivity index (χ3v) is 6.26. The van der Waals surface area contributed by atoms with E-state index < -0.39 is 0 Å². The van der Waals surface area contributed by atoms with Crippen LogP contribution in [0, 0.1) is 6.92 Å². The predicted octanol–water partition coefficient (Wildman–Crippen LogP) is 3.79. The Morgan fingerprint density at radius 1 is 1.14 bits per heavy atom. The van der Waals surface area contributed by atoms with Crippen LogP contribution in [0.4, 0.5) is 0 Å². The smallest absolute Gasteiger partial charge is 0.264 e. The van der Waals surface area contributed by atoms with Crippen LogP contribution in [0.2, 0.25) is 0 Å². The number of amides is 1. The van der Waals surface area contributed by atoms with E-state index in [9.17, 15) is 4.79 Å². The minimum atomic E-state index is 0.124. The molecule has 4 aromatic rings. The first-order valence-corrected chi connectivity index (χ1v) is 10.2. The van der Waals surface area contributed by atoms with Gasteiger partial charge < -0.3 is 4.90 Å². The zero-order valence-electron chi connectivity index (χ0n) is 15.4. The van der Waals surface area contributed by atoms with Crippen LogP contribution in [0.3, 0.4) is 0 Å². The van der Waals surface area contributed by atoms with Gasteiger partial charge in [0.15, 0.2) is 11.5 Å². The molecule has 28 heavy (non-hydrogen) atoms. The van der Waals surface area contributed by atoms with Gasteiger partial charge in [-0.1, -0.05) is 0 Å². The molecule has 1 aliphatic rings. The van der Waals surface area contributed by atoms with Gasteiger partial charge in [0.25, 0.3) is 5.91 Å². The second-order valence-corrected chi connectivity index (χ2v) is 8.01. The fraction of sp³-hybridized carbons (Fsp3) is 0.238. The first-order valence-electron chi connectivity index (χ1n) is 9.29. The molecule has 4 aromatic heterocycles. The Hall–Kier alpha value is -3.06. The number of nitrogens with zero attached hydrogens (tertiary/aromatic N) is 5. The van der Waals surface area contributed by atoms with Crippen molar-refractivity contribution in [2.45, 2.75) is 19.3 Å². The van der Waals surface area contributed by atoms with Crippen molar-refractivity contribution >= 4 is 22.9 Å². The SMILES string of the molecule is Cc1ccsc1C(=O)N1CCC(c2nc3ccc(-c4ccncc4)cn3n2)C1. The molecular weight excluding hydrogens is 370 g/mol. The monoisotopic (exact) mass is 389 g/mol. The maximum absolute atomic E-state index is 12.8. The van der Waals surface area contributed by atoms with Crippen LogP contribution in [0.5, 0.6) is 0 Å². The highest BCUT2D eigenvalue weighted by molar-refractivity contribution is 7.12. The number of fused-ring (bicyclic) bond motifs is 1. The summed E-state index contributed by atoms with van der Waals surface area (Å²) in [6.45, 7) is 3.41. The van der Waals surface area contributed by atoms with Crippen molar-refractivity contribution in [3.8, 4) is 11.1 Å². The van der Waals surface area contributed by atoms with Gasteiger partial charge in [-0.25, -0.2) is 9.50 Å². The molecule has 1 atom stereocenters. The third-order valence-electron chi connectivity index (χ3n) is 5.26. The van der Waals surface area contributed by atoms with Crippen molar-refractivity contribution in [2.24, 2.45) is 0 Å². The molecule has 1 aliphatic heterocycles. The van der Waals surface area contributed by atoms with Crippen molar-refractivity contribution in [3.05, 3.63) is 70.6 Å². The number of likely N-dealkylation sites (tertiary alicyclic amines) is 1. The largest absolute Gasteiger partial charge is 0.337 e. The van der Waals surface area contributed by atoms with Gasteiger partial charge in [0, 0.05) is 43.2 Å². The Morgan fingerprint density at radius 2 is 2.00 bits per heavy atom. The number of carbonyl (C=O) groups is 1. The number of pyridine rings is 2. The Kier molecular flexibility index (Phi) is 4.16. The molecule has 1 unspecified atom stereocenters. The van der Waals surface area contributed by atoms with Crippen molar-refractivity contribution in [1.82, 2.24) is 24.5 Å². The van der Waals surface area contributed by atoms with Crippen LogP contribution in [-0.2, 0) is 0 Å². The van der Waals surface area contributed by atoms with E-state index in [4.69, 9.17) is 10.1 Å². The molecule has 6 nitrogen and oxygen atoms in total. The van der Waals surface area contributed by atoms with Crippen molar-refractivity contribution in [1.29, 1.82) is 0 Å². The molecule has 0 aliphatic carbocycles. The van der Waals surface area contributed by atoms with E-state index in [1.54, 1.807) is 12.4 Å². The average molecular weight is 389 g/mol. The second kappa shape index (κ2) is 6.83. The fourth-order valence-electron chi connectivity index (χ4n) is 3.68. The molecule has 0 radical (unpaired) electrons. The number of thiophene rings is 1. The lowest BCUT2D eigenvalue weighted by Crippen LogP contribution is -2.28. The van der Waals surface area contributed by atoms with Crippen molar-refractivity contribution < 1.29 is 4.79 Å². The highest BCUT2D eigenvalue weighted by Crippen LogP contribution is 2.29. The van der Waals surface area contributed by atoms with Gasteiger partial charge in [0.05, 0.1) is 4.88 Å². The Balaban J connectivity index is 1.38. The molecular formula is C21H19N5OS. The topological polar surface area (TPSA) is 63.4 Å². The maximum Gasteiger partial charge on any atom is 0.264 e. The Bertz CT molecular complexity index is 1150. The summed E-state index contributed by atoms with van der Waals surface area (Å²) in [6, 6.07) is 9.99. The normalized spacial score (nSPS) is 16.8. The van der Waals surface area contributed by atoms with Crippen LogP contribution < -0.4 is 0 Å². The zero-order chi connectivity index (χ0) is 19.1. The van der Waals surface area contributed by atoms with E-state index in [2.05, 4.69) is 4.98 Å². The minimum Gasteiger partial charge on any atom is -0.337 e. The van der Waals surface area contributed by atoms with Gasteiger partial charge in [-0.3, -0.25) is 9.78 Å².